The molecular formula is C17H31N3. The van der Waals surface area contributed by atoms with Crippen molar-refractivity contribution in [2.45, 2.75) is 64.3 Å². The van der Waals surface area contributed by atoms with Crippen LogP contribution in [0.1, 0.15) is 58.8 Å². The molecule has 0 bridgehead atoms. The van der Waals surface area contributed by atoms with Gasteiger partial charge in [0.15, 0.2) is 0 Å². The Morgan fingerprint density at radius 3 is 2.90 bits per heavy atom. The molecule has 2 rings (SSSR count). The first-order valence-electron chi connectivity index (χ1n) is 8.59. The van der Waals surface area contributed by atoms with E-state index in [2.05, 4.69) is 30.1 Å². The minimum absolute atomic E-state index is 0.225. The first-order valence-corrected chi connectivity index (χ1v) is 8.59. The Labute approximate surface area is 124 Å². The van der Waals surface area contributed by atoms with Gasteiger partial charge in [-0.05, 0) is 70.0 Å². The van der Waals surface area contributed by atoms with E-state index in [0.717, 1.165) is 25.3 Å². The average molecular weight is 277 g/mol. The van der Waals surface area contributed by atoms with Crippen molar-refractivity contribution in [3.8, 4) is 6.07 Å². The molecule has 3 nitrogen and oxygen atoms in total. The van der Waals surface area contributed by atoms with Crippen molar-refractivity contribution in [1.29, 1.82) is 5.26 Å². The smallest absolute Gasteiger partial charge is 0.109 e. The summed E-state index contributed by atoms with van der Waals surface area (Å²) in [7, 11) is 0. The average Bonchev–Trinajstić information content (AvgIpc) is 2.86. The van der Waals surface area contributed by atoms with E-state index < -0.39 is 0 Å². The zero-order chi connectivity index (χ0) is 14.4. The van der Waals surface area contributed by atoms with Crippen LogP contribution < -0.4 is 5.32 Å². The van der Waals surface area contributed by atoms with Crippen LogP contribution >= 0.6 is 0 Å². The molecule has 3 heteroatoms. The summed E-state index contributed by atoms with van der Waals surface area (Å²) in [6.07, 6.45) is 8.53. The third kappa shape index (κ3) is 3.74. The van der Waals surface area contributed by atoms with Gasteiger partial charge >= 0.3 is 0 Å². The Bertz CT molecular complexity index is 336. The Morgan fingerprint density at radius 1 is 1.35 bits per heavy atom. The molecule has 1 saturated carbocycles. The topological polar surface area (TPSA) is 39.1 Å². The fraction of sp³-hybridized carbons (Fsp3) is 0.941. The summed E-state index contributed by atoms with van der Waals surface area (Å²) in [5, 5.41) is 13.2. The number of nitrogens with one attached hydrogen (secondary N) is 1. The molecule has 1 aliphatic carbocycles. The molecule has 20 heavy (non-hydrogen) atoms. The van der Waals surface area contributed by atoms with Crippen LogP contribution in [0.5, 0.6) is 0 Å². The van der Waals surface area contributed by atoms with Crippen LogP contribution in [0, 0.1) is 23.2 Å². The van der Waals surface area contributed by atoms with Gasteiger partial charge in [-0.3, -0.25) is 5.32 Å². The lowest BCUT2D eigenvalue weighted by Crippen LogP contribution is -2.48. The van der Waals surface area contributed by atoms with E-state index in [1.807, 2.05) is 0 Å². The Balaban J connectivity index is 1.85. The summed E-state index contributed by atoms with van der Waals surface area (Å²) in [6.45, 7) is 9.23. The maximum atomic E-state index is 9.67. The van der Waals surface area contributed by atoms with E-state index in [9.17, 15) is 5.26 Å². The van der Waals surface area contributed by atoms with E-state index in [4.69, 9.17) is 0 Å². The summed E-state index contributed by atoms with van der Waals surface area (Å²) < 4.78 is 0. The van der Waals surface area contributed by atoms with E-state index in [-0.39, 0.29) is 5.54 Å². The van der Waals surface area contributed by atoms with Gasteiger partial charge in [-0.15, -0.1) is 0 Å². The largest absolute Gasteiger partial charge is 0.303 e. The number of likely N-dealkylation sites (tertiary alicyclic amines) is 1. The number of nitriles is 1. The molecule has 0 amide bonds. The lowest BCUT2D eigenvalue weighted by molar-refractivity contribution is 0.163. The number of rotatable bonds is 6. The molecule has 1 N–H and O–H groups in total. The van der Waals surface area contributed by atoms with E-state index in [1.165, 1.54) is 51.7 Å². The molecule has 0 aromatic carbocycles. The van der Waals surface area contributed by atoms with Gasteiger partial charge in [0.2, 0.25) is 0 Å². The van der Waals surface area contributed by atoms with Crippen LogP contribution in [0.15, 0.2) is 0 Å². The molecule has 3 unspecified atom stereocenters. The van der Waals surface area contributed by atoms with Crippen molar-refractivity contribution in [2.24, 2.45) is 11.8 Å². The van der Waals surface area contributed by atoms with Crippen LogP contribution in [-0.4, -0.2) is 36.6 Å². The van der Waals surface area contributed by atoms with Crippen LogP contribution in [0.3, 0.4) is 0 Å². The SMILES string of the molecule is CCCNC1(C#N)CCCC1CCN1CCCC(C)C1. The fourth-order valence-corrected chi connectivity index (χ4v) is 4.06. The summed E-state index contributed by atoms with van der Waals surface area (Å²) in [5.74, 6) is 1.41. The summed E-state index contributed by atoms with van der Waals surface area (Å²) in [6, 6.07) is 2.63. The van der Waals surface area contributed by atoms with Crippen molar-refractivity contribution in [2.75, 3.05) is 26.2 Å². The van der Waals surface area contributed by atoms with Crippen LogP contribution in [0.25, 0.3) is 0 Å². The third-order valence-corrected chi connectivity index (χ3v) is 5.25. The molecule has 0 aromatic heterocycles. The van der Waals surface area contributed by atoms with Gasteiger partial charge in [0.25, 0.3) is 0 Å². The van der Waals surface area contributed by atoms with Crippen molar-refractivity contribution >= 4 is 0 Å². The monoisotopic (exact) mass is 277 g/mol. The Morgan fingerprint density at radius 2 is 2.20 bits per heavy atom. The minimum Gasteiger partial charge on any atom is -0.303 e. The van der Waals surface area contributed by atoms with Crippen molar-refractivity contribution < 1.29 is 0 Å². The van der Waals surface area contributed by atoms with Crippen molar-refractivity contribution in [3.63, 3.8) is 0 Å². The van der Waals surface area contributed by atoms with Gasteiger partial charge in [0.1, 0.15) is 5.54 Å². The summed E-state index contributed by atoms with van der Waals surface area (Å²) in [5.41, 5.74) is -0.225. The normalized spacial score (nSPS) is 35.0. The number of piperidine rings is 1. The predicted molar refractivity (Wildman–Crippen MR) is 83.4 cm³/mol. The standard InChI is InChI=1S/C17H31N3/c1-3-10-19-17(14-18)9-4-7-16(17)8-12-20-11-5-6-15(2)13-20/h15-16,19H,3-13H2,1-2H3. The lowest BCUT2D eigenvalue weighted by Gasteiger charge is -2.34. The number of hydrogen-bond acceptors (Lipinski definition) is 3. The molecule has 3 atom stereocenters. The van der Waals surface area contributed by atoms with Gasteiger partial charge < -0.3 is 4.90 Å². The summed E-state index contributed by atoms with van der Waals surface area (Å²) >= 11 is 0. The minimum atomic E-state index is -0.225. The van der Waals surface area contributed by atoms with Crippen molar-refractivity contribution in [1.82, 2.24) is 10.2 Å². The molecule has 0 radical (unpaired) electrons. The highest BCUT2D eigenvalue weighted by atomic mass is 15.1. The van der Waals surface area contributed by atoms with Crippen LogP contribution in [0.4, 0.5) is 0 Å². The fourth-order valence-electron chi connectivity index (χ4n) is 4.06. The molecule has 1 heterocycles. The highest BCUT2D eigenvalue weighted by Crippen LogP contribution is 2.37. The molecule has 114 valence electrons. The molecule has 2 fully saturated rings. The van der Waals surface area contributed by atoms with Gasteiger partial charge in [-0.1, -0.05) is 20.3 Å². The molecule has 1 aliphatic heterocycles. The number of hydrogen-bond donors (Lipinski definition) is 1. The first-order chi connectivity index (χ1) is 9.70. The predicted octanol–water partition coefficient (Wildman–Crippen LogP) is 3.17. The molecule has 2 aliphatic rings. The van der Waals surface area contributed by atoms with Gasteiger partial charge in [-0.2, -0.15) is 5.26 Å². The molecular weight excluding hydrogens is 246 g/mol. The second-order valence-electron chi connectivity index (χ2n) is 6.94. The van der Waals surface area contributed by atoms with Gasteiger partial charge in [0.05, 0.1) is 6.07 Å². The zero-order valence-electron chi connectivity index (χ0n) is 13.3. The lowest BCUT2D eigenvalue weighted by atomic mass is 9.85. The highest BCUT2D eigenvalue weighted by Gasteiger charge is 2.42. The van der Waals surface area contributed by atoms with Gasteiger partial charge in [0, 0.05) is 6.54 Å². The van der Waals surface area contributed by atoms with Crippen LogP contribution in [-0.2, 0) is 0 Å². The maximum Gasteiger partial charge on any atom is 0.109 e. The zero-order valence-corrected chi connectivity index (χ0v) is 13.3. The number of nitrogens with zero attached hydrogens (tertiary/aromatic N) is 2. The first kappa shape index (κ1) is 15.8. The van der Waals surface area contributed by atoms with Gasteiger partial charge in [-0.25, -0.2) is 0 Å². The van der Waals surface area contributed by atoms with E-state index >= 15 is 0 Å². The molecule has 0 aromatic rings. The highest BCUT2D eigenvalue weighted by molar-refractivity contribution is 5.14. The summed E-state index contributed by atoms with van der Waals surface area (Å²) in [4.78, 5) is 2.62. The quantitative estimate of drug-likeness (QED) is 0.810. The Hall–Kier alpha value is -0.590. The maximum absolute atomic E-state index is 9.67. The molecule has 1 saturated heterocycles. The Kier molecular flexibility index (Phi) is 5.86. The van der Waals surface area contributed by atoms with E-state index in [0.29, 0.717) is 5.92 Å². The second kappa shape index (κ2) is 7.43. The second-order valence-corrected chi connectivity index (χ2v) is 6.94. The van der Waals surface area contributed by atoms with E-state index in [1.54, 1.807) is 0 Å². The van der Waals surface area contributed by atoms with Crippen LogP contribution in [0.2, 0.25) is 0 Å². The third-order valence-electron chi connectivity index (χ3n) is 5.25. The van der Waals surface area contributed by atoms with Crippen molar-refractivity contribution in [3.05, 3.63) is 0 Å². The molecule has 0 spiro atoms.